The molecule has 1 atom stereocenters. The molecule has 0 fully saturated rings. The lowest BCUT2D eigenvalue weighted by molar-refractivity contribution is 0.0992. The zero-order valence-corrected chi connectivity index (χ0v) is 10.6. The van der Waals surface area contributed by atoms with Gasteiger partial charge in [0, 0.05) is 11.1 Å². The molecule has 2 rings (SSSR count). The Morgan fingerprint density at radius 3 is 2.28 bits per heavy atom. The number of halogens is 2. The van der Waals surface area contributed by atoms with E-state index in [-0.39, 0.29) is 11.6 Å². The molecule has 0 radical (unpaired) electrons. The SMILES string of the molecule is CC(Cl)C(=O)c1ccc(-c2ccccc2F)cc1. The van der Waals surface area contributed by atoms with Crippen LogP contribution in [0.25, 0.3) is 11.1 Å². The van der Waals surface area contributed by atoms with E-state index in [1.54, 1.807) is 49.4 Å². The number of ketones is 1. The summed E-state index contributed by atoms with van der Waals surface area (Å²) >= 11 is 5.74. The summed E-state index contributed by atoms with van der Waals surface area (Å²) in [4.78, 5) is 11.7. The number of Topliss-reactive ketones (excluding diaryl/α,β-unsaturated/α-hetero) is 1. The molecule has 18 heavy (non-hydrogen) atoms. The second-order valence-corrected chi connectivity index (χ2v) is 4.69. The normalized spacial score (nSPS) is 12.2. The van der Waals surface area contributed by atoms with Crippen LogP contribution in [0.15, 0.2) is 48.5 Å². The average molecular weight is 263 g/mol. The smallest absolute Gasteiger partial charge is 0.180 e. The van der Waals surface area contributed by atoms with Crippen LogP contribution in [0.3, 0.4) is 0 Å². The quantitative estimate of drug-likeness (QED) is 0.595. The molecule has 0 aliphatic carbocycles. The third kappa shape index (κ3) is 2.59. The van der Waals surface area contributed by atoms with Crippen LogP contribution in [0.2, 0.25) is 0 Å². The molecular weight excluding hydrogens is 251 g/mol. The Hall–Kier alpha value is -1.67. The first-order valence-electron chi connectivity index (χ1n) is 5.63. The molecule has 0 saturated heterocycles. The van der Waals surface area contributed by atoms with Gasteiger partial charge in [0.15, 0.2) is 5.78 Å². The molecule has 1 unspecified atom stereocenters. The van der Waals surface area contributed by atoms with Gasteiger partial charge in [-0.1, -0.05) is 42.5 Å². The van der Waals surface area contributed by atoms with Crippen molar-refractivity contribution in [2.45, 2.75) is 12.3 Å². The van der Waals surface area contributed by atoms with Crippen LogP contribution >= 0.6 is 11.6 Å². The monoisotopic (exact) mass is 262 g/mol. The standard InChI is InChI=1S/C15H12ClFO/c1-10(16)15(18)12-8-6-11(7-9-12)13-4-2-3-5-14(13)17/h2-10H,1H3. The summed E-state index contributed by atoms with van der Waals surface area (Å²) < 4.78 is 13.6. The van der Waals surface area contributed by atoms with Gasteiger partial charge in [0.25, 0.3) is 0 Å². The van der Waals surface area contributed by atoms with Gasteiger partial charge in [-0.25, -0.2) is 4.39 Å². The largest absolute Gasteiger partial charge is 0.293 e. The fraction of sp³-hybridized carbons (Fsp3) is 0.133. The number of benzene rings is 2. The first-order valence-corrected chi connectivity index (χ1v) is 6.06. The van der Waals surface area contributed by atoms with Gasteiger partial charge < -0.3 is 0 Å². The molecule has 0 heterocycles. The van der Waals surface area contributed by atoms with E-state index in [9.17, 15) is 9.18 Å². The first kappa shape index (κ1) is 12.8. The lowest BCUT2D eigenvalue weighted by atomic mass is 10.0. The van der Waals surface area contributed by atoms with Crippen molar-refractivity contribution in [2.24, 2.45) is 0 Å². The Bertz CT molecular complexity index is 561. The van der Waals surface area contributed by atoms with Crippen molar-refractivity contribution in [3.8, 4) is 11.1 Å². The Kier molecular flexibility index (Phi) is 3.78. The van der Waals surface area contributed by atoms with E-state index in [2.05, 4.69) is 0 Å². The minimum absolute atomic E-state index is 0.128. The van der Waals surface area contributed by atoms with Gasteiger partial charge in [0.1, 0.15) is 5.82 Å². The molecule has 0 N–H and O–H groups in total. The Labute approximate surface area is 110 Å². The van der Waals surface area contributed by atoms with Gasteiger partial charge in [-0.3, -0.25) is 4.79 Å². The highest BCUT2D eigenvalue weighted by molar-refractivity contribution is 6.33. The zero-order chi connectivity index (χ0) is 13.1. The second kappa shape index (κ2) is 5.32. The highest BCUT2D eigenvalue weighted by atomic mass is 35.5. The maximum Gasteiger partial charge on any atom is 0.180 e. The molecule has 0 bridgehead atoms. The van der Waals surface area contributed by atoms with Crippen molar-refractivity contribution in [3.63, 3.8) is 0 Å². The maximum absolute atomic E-state index is 13.6. The van der Waals surface area contributed by atoms with Gasteiger partial charge >= 0.3 is 0 Å². The van der Waals surface area contributed by atoms with Crippen molar-refractivity contribution in [2.75, 3.05) is 0 Å². The molecule has 0 aliphatic heterocycles. The van der Waals surface area contributed by atoms with Gasteiger partial charge in [-0.15, -0.1) is 11.6 Å². The second-order valence-electron chi connectivity index (χ2n) is 4.04. The Morgan fingerprint density at radius 1 is 1.11 bits per heavy atom. The molecule has 92 valence electrons. The predicted molar refractivity (Wildman–Crippen MR) is 71.5 cm³/mol. The molecule has 2 aromatic carbocycles. The molecule has 0 spiro atoms. The van der Waals surface area contributed by atoms with Gasteiger partial charge in [-0.2, -0.15) is 0 Å². The Balaban J connectivity index is 2.34. The lowest BCUT2D eigenvalue weighted by Crippen LogP contribution is -2.09. The van der Waals surface area contributed by atoms with E-state index in [0.717, 1.165) is 5.56 Å². The van der Waals surface area contributed by atoms with Crippen LogP contribution < -0.4 is 0 Å². The topological polar surface area (TPSA) is 17.1 Å². The summed E-state index contributed by atoms with van der Waals surface area (Å²) in [6.07, 6.45) is 0. The van der Waals surface area contributed by atoms with Crippen molar-refractivity contribution in [1.29, 1.82) is 0 Å². The molecule has 0 aromatic heterocycles. The van der Waals surface area contributed by atoms with E-state index >= 15 is 0 Å². The molecular formula is C15H12ClFO. The van der Waals surface area contributed by atoms with Crippen LogP contribution in [0, 0.1) is 5.82 Å². The highest BCUT2D eigenvalue weighted by Gasteiger charge is 2.12. The summed E-state index contributed by atoms with van der Waals surface area (Å²) in [6, 6.07) is 13.3. The van der Waals surface area contributed by atoms with Crippen molar-refractivity contribution in [1.82, 2.24) is 0 Å². The third-order valence-electron chi connectivity index (χ3n) is 2.72. The van der Waals surface area contributed by atoms with Crippen LogP contribution in [0.5, 0.6) is 0 Å². The summed E-state index contributed by atoms with van der Waals surface area (Å²) in [6.45, 7) is 1.63. The molecule has 0 saturated carbocycles. The molecule has 2 aromatic rings. The van der Waals surface area contributed by atoms with E-state index in [0.29, 0.717) is 11.1 Å². The summed E-state index contributed by atoms with van der Waals surface area (Å²) in [7, 11) is 0. The van der Waals surface area contributed by atoms with Crippen molar-refractivity contribution >= 4 is 17.4 Å². The van der Waals surface area contributed by atoms with Crippen LogP contribution in [0.4, 0.5) is 4.39 Å². The van der Waals surface area contributed by atoms with Gasteiger partial charge in [0.05, 0.1) is 5.38 Å². The predicted octanol–water partition coefficient (Wildman–Crippen LogP) is 4.30. The van der Waals surface area contributed by atoms with E-state index in [4.69, 9.17) is 11.6 Å². The maximum atomic E-state index is 13.6. The van der Waals surface area contributed by atoms with E-state index in [1.807, 2.05) is 0 Å². The van der Waals surface area contributed by atoms with Crippen LogP contribution in [-0.4, -0.2) is 11.2 Å². The highest BCUT2D eigenvalue weighted by Crippen LogP contribution is 2.23. The number of hydrogen-bond donors (Lipinski definition) is 0. The van der Waals surface area contributed by atoms with Crippen molar-refractivity contribution in [3.05, 3.63) is 59.9 Å². The van der Waals surface area contributed by atoms with Crippen molar-refractivity contribution < 1.29 is 9.18 Å². The summed E-state index contributed by atoms with van der Waals surface area (Å²) in [5.41, 5.74) is 1.81. The molecule has 1 nitrogen and oxygen atoms in total. The fourth-order valence-electron chi connectivity index (χ4n) is 1.74. The number of carbonyl (C=O) groups is 1. The first-order chi connectivity index (χ1) is 8.59. The third-order valence-corrected chi connectivity index (χ3v) is 2.91. The number of hydrogen-bond acceptors (Lipinski definition) is 1. The van der Waals surface area contributed by atoms with Crippen LogP contribution in [0.1, 0.15) is 17.3 Å². The summed E-state index contributed by atoms with van der Waals surface area (Å²) in [5, 5.41) is -0.552. The fourth-order valence-corrected chi connectivity index (χ4v) is 1.87. The zero-order valence-electron chi connectivity index (χ0n) is 9.86. The molecule has 0 aliphatic rings. The Morgan fingerprint density at radius 2 is 1.72 bits per heavy atom. The molecule has 3 heteroatoms. The minimum Gasteiger partial charge on any atom is -0.293 e. The van der Waals surface area contributed by atoms with Crippen LogP contribution in [-0.2, 0) is 0 Å². The lowest BCUT2D eigenvalue weighted by Gasteiger charge is -2.06. The number of rotatable bonds is 3. The average Bonchev–Trinajstić information content (AvgIpc) is 2.38. The van der Waals surface area contributed by atoms with Gasteiger partial charge in [-0.05, 0) is 18.6 Å². The minimum atomic E-state index is -0.552. The number of carbonyl (C=O) groups excluding carboxylic acids is 1. The van der Waals surface area contributed by atoms with Gasteiger partial charge in [0.2, 0.25) is 0 Å². The van der Waals surface area contributed by atoms with E-state index in [1.165, 1.54) is 6.07 Å². The van der Waals surface area contributed by atoms with E-state index < -0.39 is 5.38 Å². The number of alkyl halides is 1. The summed E-state index contributed by atoms with van der Waals surface area (Å²) in [5.74, 6) is -0.404. The molecule has 0 amide bonds.